The summed E-state index contributed by atoms with van der Waals surface area (Å²) >= 11 is 0. The summed E-state index contributed by atoms with van der Waals surface area (Å²) in [5.41, 5.74) is 2.60. The molecule has 2 aromatic carbocycles. The number of likely N-dealkylation sites (tertiary alicyclic amines) is 1. The van der Waals surface area contributed by atoms with Crippen molar-refractivity contribution in [3.8, 4) is 5.75 Å². The molecule has 1 fully saturated rings. The van der Waals surface area contributed by atoms with E-state index in [9.17, 15) is 27.6 Å². The minimum absolute atomic E-state index is 0.136. The Hall–Kier alpha value is -4.09. The topological polar surface area (TPSA) is 133 Å². The first-order valence-corrected chi connectivity index (χ1v) is 11.7. The number of β-lactam (4-membered cyclic amide) rings is 1. The van der Waals surface area contributed by atoms with Crippen LogP contribution < -0.4 is 10.1 Å². The lowest BCUT2D eigenvalue weighted by atomic mass is 9.72. The van der Waals surface area contributed by atoms with Crippen molar-refractivity contribution < 1.29 is 47.3 Å². The molecule has 1 aliphatic heterocycles. The highest BCUT2D eigenvalue weighted by atomic mass is 19.4. The van der Waals surface area contributed by atoms with Gasteiger partial charge in [-0.05, 0) is 67.6 Å². The van der Waals surface area contributed by atoms with Crippen LogP contribution in [0.4, 0.5) is 18.0 Å². The predicted octanol–water partition coefficient (Wildman–Crippen LogP) is 4.90. The zero-order chi connectivity index (χ0) is 28.8. The van der Waals surface area contributed by atoms with E-state index in [1.807, 2.05) is 45.9 Å². The van der Waals surface area contributed by atoms with Crippen LogP contribution >= 0.6 is 0 Å². The zero-order valence-electron chi connectivity index (χ0n) is 21.3. The number of benzene rings is 2. The molecule has 3 N–H and O–H groups in total. The number of carbonyl (C=O) groups excluding carboxylic acids is 2. The van der Waals surface area contributed by atoms with Gasteiger partial charge in [0.25, 0.3) is 0 Å². The highest BCUT2D eigenvalue weighted by Crippen LogP contribution is 2.46. The standard InChI is InChI=1S/C24H28N2O5.C2HF3O2/c1-5-24(6-2)21(29)26(22(24)31-19-11-9-18(10-12-19)20(27)28)23(30)25-14-17-8-7-15(3)16(4)13-17;3-2(4,5)1(6)7/h7-13,22H,5-6,14H2,1-4H3,(H,25,30)(H,27,28);(H,6,7). The van der Waals surface area contributed by atoms with Crippen LogP contribution in [0.3, 0.4) is 0 Å². The number of carbonyl (C=O) groups is 4. The van der Waals surface area contributed by atoms with Gasteiger partial charge < -0.3 is 20.3 Å². The zero-order valence-corrected chi connectivity index (χ0v) is 21.3. The number of aromatic carboxylic acids is 1. The molecule has 0 bridgehead atoms. The fraction of sp³-hybridized carbons (Fsp3) is 0.385. The molecule has 1 unspecified atom stereocenters. The van der Waals surface area contributed by atoms with Crippen LogP contribution in [0, 0.1) is 19.3 Å². The van der Waals surface area contributed by atoms with Gasteiger partial charge in [0.1, 0.15) is 11.2 Å². The second-order valence-electron chi connectivity index (χ2n) is 8.72. The van der Waals surface area contributed by atoms with Crippen LogP contribution in [-0.2, 0) is 16.1 Å². The molecule has 9 nitrogen and oxygen atoms in total. The summed E-state index contributed by atoms with van der Waals surface area (Å²) < 4.78 is 37.8. The second kappa shape index (κ2) is 12.0. The molecule has 206 valence electrons. The lowest BCUT2D eigenvalue weighted by Crippen LogP contribution is -2.73. The number of urea groups is 1. The number of alkyl halides is 3. The monoisotopic (exact) mass is 538 g/mol. The van der Waals surface area contributed by atoms with Gasteiger partial charge in [0, 0.05) is 6.54 Å². The molecule has 1 atom stereocenters. The molecule has 38 heavy (non-hydrogen) atoms. The average molecular weight is 539 g/mol. The Kier molecular flexibility index (Phi) is 9.49. The van der Waals surface area contributed by atoms with Gasteiger partial charge in [-0.1, -0.05) is 32.0 Å². The number of carboxylic acids is 2. The van der Waals surface area contributed by atoms with E-state index >= 15 is 0 Å². The molecular weight excluding hydrogens is 509 g/mol. The van der Waals surface area contributed by atoms with E-state index in [1.165, 1.54) is 29.8 Å². The first kappa shape index (κ1) is 30.1. The lowest BCUT2D eigenvalue weighted by Gasteiger charge is -2.53. The second-order valence-corrected chi connectivity index (χ2v) is 8.72. The Balaban J connectivity index is 0.000000638. The predicted molar refractivity (Wildman–Crippen MR) is 130 cm³/mol. The summed E-state index contributed by atoms with van der Waals surface area (Å²) in [7, 11) is 0. The van der Waals surface area contributed by atoms with Crippen LogP contribution in [0.2, 0.25) is 0 Å². The van der Waals surface area contributed by atoms with Gasteiger partial charge in [0.05, 0.1) is 5.56 Å². The van der Waals surface area contributed by atoms with Crippen LogP contribution in [0.25, 0.3) is 0 Å². The molecule has 2 aromatic rings. The van der Waals surface area contributed by atoms with Crippen molar-refractivity contribution in [1.82, 2.24) is 10.2 Å². The molecule has 1 saturated heterocycles. The Bertz CT molecular complexity index is 1190. The summed E-state index contributed by atoms with van der Waals surface area (Å²) in [6.45, 7) is 8.13. The summed E-state index contributed by atoms with van der Waals surface area (Å²) in [6, 6.07) is 11.4. The van der Waals surface area contributed by atoms with Gasteiger partial charge in [-0.25, -0.2) is 19.3 Å². The molecule has 0 aromatic heterocycles. The Morgan fingerprint density at radius 1 is 1.00 bits per heavy atom. The van der Waals surface area contributed by atoms with E-state index in [-0.39, 0.29) is 11.5 Å². The van der Waals surface area contributed by atoms with Gasteiger partial charge in [-0.2, -0.15) is 13.2 Å². The average Bonchev–Trinajstić information content (AvgIpc) is 2.85. The molecule has 12 heteroatoms. The summed E-state index contributed by atoms with van der Waals surface area (Å²) in [4.78, 5) is 46.9. The number of imide groups is 1. The minimum atomic E-state index is -5.08. The lowest BCUT2D eigenvalue weighted by molar-refractivity contribution is -0.193. The van der Waals surface area contributed by atoms with Crippen LogP contribution in [-0.4, -0.2) is 51.4 Å². The van der Waals surface area contributed by atoms with Gasteiger partial charge >= 0.3 is 24.1 Å². The third-order valence-corrected chi connectivity index (χ3v) is 6.44. The van der Waals surface area contributed by atoms with E-state index in [0.717, 1.165) is 16.0 Å². The number of nitrogens with zero attached hydrogens (tertiary/aromatic N) is 1. The molecule has 1 heterocycles. The van der Waals surface area contributed by atoms with Crippen molar-refractivity contribution >= 4 is 23.9 Å². The number of ether oxygens (including phenoxy) is 1. The molecule has 3 rings (SSSR count). The number of aliphatic carboxylic acids is 1. The maximum absolute atomic E-state index is 12.9. The maximum atomic E-state index is 12.9. The highest BCUT2D eigenvalue weighted by molar-refractivity contribution is 6.03. The number of halogens is 3. The van der Waals surface area contributed by atoms with Crippen molar-refractivity contribution in [3.63, 3.8) is 0 Å². The van der Waals surface area contributed by atoms with Gasteiger partial charge in [0.2, 0.25) is 5.91 Å². The van der Waals surface area contributed by atoms with Gasteiger partial charge in [-0.3, -0.25) is 4.79 Å². The number of hydrogen-bond donors (Lipinski definition) is 3. The van der Waals surface area contributed by atoms with E-state index in [1.54, 1.807) is 0 Å². The van der Waals surface area contributed by atoms with E-state index < -0.39 is 35.8 Å². The van der Waals surface area contributed by atoms with Crippen molar-refractivity contribution in [3.05, 3.63) is 64.7 Å². The molecule has 0 spiro atoms. The summed E-state index contributed by atoms with van der Waals surface area (Å²) in [5, 5.41) is 19.0. The number of aryl methyl sites for hydroxylation is 2. The first-order valence-electron chi connectivity index (χ1n) is 11.7. The third-order valence-electron chi connectivity index (χ3n) is 6.44. The molecule has 0 saturated carbocycles. The van der Waals surface area contributed by atoms with Crippen molar-refractivity contribution in [2.24, 2.45) is 5.41 Å². The van der Waals surface area contributed by atoms with Crippen molar-refractivity contribution in [2.75, 3.05) is 0 Å². The summed E-state index contributed by atoms with van der Waals surface area (Å²) in [5.74, 6) is -3.65. The van der Waals surface area contributed by atoms with Crippen LogP contribution in [0.5, 0.6) is 5.75 Å². The van der Waals surface area contributed by atoms with Crippen LogP contribution in [0.1, 0.15) is 53.7 Å². The van der Waals surface area contributed by atoms with Gasteiger partial charge in [0.15, 0.2) is 6.23 Å². The smallest absolute Gasteiger partial charge is 0.478 e. The number of amides is 3. The number of carboxylic acid groups (broad SMARTS) is 2. The Morgan fingerprint density at radius 3 is 2.00 bits per heavy atom. The molecule has 1 aliphatic rings. The third kappa shape index (κ3) is 6.61. The molecule has 0 radical (unpaired) electrons. The Morgan fingerprint density at radius 2 is 1.55 bits per heavy atom. The largest absolute Gasteiger partial charge is 0.490 e. The number of hydrogen-bond acceptors (Lipinski definition) is 5. The van der Waals surface area contributed by atoms with E-state index in [2.05, 4.69) is 5.32 Å². The normalized spacial score (nSPS) is 16.0. The fourth-order valence-electron chi connectivity index (χ4n) is 3.88. The number of rotatable bonds is 7. The van der Waals surface area contributed by atoms with Crippen molar-refractivity contribution in [1.29, 1.82) is 0 Å². The first-order chi connectivity index (χ1) is 17.7. The molecule has 3 amide bonds. The fourth-order valence-corrected chi connectivity index (χ4v) is 3.88. The van der Waals surface area contributed by atoms with Gasteiger partial charge in [-0.15, -0.1) is 0 Å². The van der Waals surface area contributed by atoms with Crippen LogP contribution in [0.15, 0.2) is 42.5 Å². The van der Waals surface area contributed by atoms with Crippen molar-refractivity contribution in [2.45, 2.75) is 59.5 Å². The van der Waals surface area contributed by atoms with E-state index in [4.69, 9.17) is 19.7 Å². The SMILES string of the molecule is CCC1(CC)C(=O)N(C(=O)NCc2ccc(C)c(C)c2)C1Oc1ccc(C(=O)O)cc1.O=C(O)C(F)(F)F. The van der Waals surface area contributed by atoms with E-state index in [0.29, 0.717) is 25.1 Å². The minimum Gasteiger partial charge on any atom is -0.478 e. The Labute approximate surface area is 217 Å². The summed E-state index contributed by atoms with van der Waals surface area (Å²) in [6.07, 6.45) is -4.78. The molecule has 0 aliphatic carbocycles. The highest BCUT2D eigenvalue weighted by Gasteiger charge is 2.62. The number of nitrogens with one attached hydrogen (secondary N) is 1. The quantitative estimate of drug-likeness (QED) is 0.427. The molecular formula is C26H29F3N2O7. The maximum Gasteiger partial charge on any atom is 0.490 e.